The number of ether oxygens (including phenoxy) is 2. The van der Waals surface area contributed by atoms with Gasteiger partial charge in [-0.2, -0.15) is 0 Å². The van der Waals surface area contributed by atoms with Crippen LogP contribution >= 0.6 is 0 Å². The summed E-state index contributed by atoms with van der Waals surface area (Å²) in [6.07, 6.45) is 0.761. The minimum absolute atomic E-state index is 0.187. The lowest BCUT2D eigenvalue weighted by Crippen LogP contribution is -2.52. The van der Waals surface area contributed by atoms with Crippen molar-refractivity contribution in [2.24, 2.45) is 5.92 Å². The van der Waals surface area contributed by atoms with E-state index in [1.807, 2.05) is 0 Å². The number of piperidine rings is 1. The summed E-state index contributed by atoms with van der Waals surface area (Å²) in [7, 11) is -2.69. The standard InChI is InChI=1S/C15H27NO6S/c1-14(2,3)22-12(17)11-7-9-16(10-8-11)23(19,20)15(4,5)13(18)21-6/h11H,7-10H2,1-6H3. The third-order valence-corrected chi connectivity index (χ3v) is 6.36. The molecule has 0 saturated carbocycles. The van der Waals surface area contributed by atoms with Crippen LogP contribution in [0.4, 0.5) is 0 Å². The lowest BCUT2D eigenvalue weighted by molar-refractivity contribution is -0.161. The number of carbonyl (C=O) groups is 2. The van der Waals surface area contributed by atoms with Gasteiger partial charge >= 0.3 is 11.9 Å². The van der Waals surface area contributed by atoms with Crippen LogP contribution in [-0.4, -0.2) is 55.2 Å². The van der Waals surface area contributed by atoms with Crippen LogP contribution in [-0.2, 0) is 29.1 Å². The quantitative estimate of drug-likeness (QED) is 0.711. The smallest absolute Gasteiger partial charge is 0.328 e. The molecule has 0 spiro atoms. The van der Waals surface area contributed by atoms with Gasteiger partial charge in [0.25, 0.3) is 0 Å². The Balaban J connectivity index is 2.76. The van der Waals surface area contributed by atoms with Crippen molar-refractivity contribution in [2.45, 2.75) is 57.8 Å². The number of nitrogens with zero attached hydrogens (tertiary/aromatic N) is 1. The molecule has 23 heavy (non-hydrogen) atoms. The van der Waals surface area contributed by atoms with Crippen LogP contribution in [0.3, 0.4) is 0 Å². The number of methoxy groups -OCH3 is 1. The van der Waals surface area contributed by atoms with E-state index in [1.165, 1.54) is 18.2 Å². The average molecular weight is 349 g/mol. The first-order valence-corrected chi connectivity index (χ1v) is 9.08. The van der Waals surface area contributed by atoms with Crippen molar-refractivity contribution in [3.63, 3.8) is 0 Å². The van der Waals surface area contributed by atoms with Crippen LogP contribution in [0.1, 0.15) is 47.5 Å². The van der Waals surface area contributed by atoms with Crippen molar-refractivity contribution in [1.82, 2.24) is 4.31 Å². The number of rotatable bonds is 4. The summed E-state index contributed by atoms with van der Waals surface area (Å²) in [5.74, 6) is -1.42. The van der Waals surface area contributed by atoms with E-state index in [9.17, 15) is 18.0 Å². The van der Waals surface area contributed by atoms with Gasteiger partial charge in [-0.1, -0.05) is 0 Å². The largest absolute Gasteiger partial charge is 0.468 e. The van der Waals surface area contributed by atoms with E-state index in [1.54, 1.807) is 20.8 Å². The molecule has 0 unspecified atom stereocenters. The highest BCUT2D eigenvalue weighted by molar-refractivity contribution is 7.91. The molecule has 1 rings (SSSR count). The summed E-state index contributed by atoms with van der Waals surface area (Å²) in [5.41, 5.74) is -0.562. The van der Waals surface area contributed by atoms with E-state index in [0.717, 1.165) is 7.11 Å². The highest BCUT2D eigenvalue weighted by atomic mass is 32.2. The molecule has 8 heteroatoms. The molecule has 1 heterocycles. The molecular formula is C15H27NO6S. The third kappa shape index (κ3) is 4.44. The summed E-state index contributed by atoms with van der Waals surface area (Å²) in [6.45, 7) is 8.41. The SMILES string of the molecule is COC(=O)C(C)(C)S(=O)(=O)N1CCC(C(=O)OC(C)(C)C)CC1. The lowest BCUT2D eigenvalue weighted by Gasteiger charge is -2.35. The van der Waals surface area contributed by atoms with Crippen molar-refractivity contribution in [3.8, 4) is 0 Å². The topological polar surface area (TPSA) is 90.0 Å². The molecule has 0 atom stereocenters. The molecule has 0 aromatic heterocycles. The van der Waals surface area contributed by atoms with Gasteiger partial charge in [0.15, 0.2) is 4.75 Å². The van der Waals surface area contributed by atoms with E-state index < -0.39 is 26.3 Å². The van der Waals surface area contributed by atoms with E-state index in [4.69, 9.17) is 4.74 Å². The number of carbonyl (C=O) groups excluding carboxylic acids is 2. The highest BCUT2D eigenvalue weighted by Gasteiger charge is 2.47. The predicted octanol–water partition coefficient (Wildman–Crippen LogP) is 1.32. The number of hydrogen-bond donors (Lipinski definition) is 0. The van der Waals surface area contributed by atoms with E-state index in [-0.39, 0.29) is 25.0 Å². The van der Waals surface area contributed by atoms with E-state index in [2.05, 4.69) is 4.74 Å². The average Bonchev–Trinajstić information content (AvgIpc) is 2.44. The summed E-state index contributed by atoms with van der Waals surface area (Å²) in [6, 6.07) is 0. The fourth-order valence-corrected chi connectivity index (χ4v) is 4.02. The summed E-state index contributed by atoms with van der Waals surface area (Å²) in [4.78, 5) is 23.8. The Kier molecular flexibility index (Phi) is 5.85. The minimum Gasteiger partial charge on any atom is -0.468 e. The molecule has 7 nitrogen and oxygen atoms in total. The Morgan fingerprint density at radius 1 is 1.04 bits per heavy atom. The molecule has 0 aliphatic carbocycles. The number of esters is 2. The fraction of sp³-hybridized carbons (Fsp3) is 0.867. The molecule has 0 amide bonds. The van der Waals surface area contributed by atoms with Gasteiger partial charge < -0.3 is 9.47 Å². The second-order valence-electron chi connectivity index (χ2n) is 7.21. The van der Waals surface area contributed by atoms with Crippen molar-refractivity contribution >= 4 is 22.0 Å². The van der Waals surface area contributed by atoms with Crippen molar-refractivity contribution in [1.29, 1.82) is 0 Å². The molecule has 1 fully saturated rings. The molecular weight excluding hydrogens is 322 g/mol. The van der Waals surface area contributed by atoms with Crippen molar-refractivity contribution < 1.29 is 27.5 Å². The summed E-state index contributed by atoms with van der Waals surface area (Å²) < 4.78 is 34.8. The normalized spacial score (nSPS) is 18.5. The molecule has 1 saturated heterocycles. The van der Waals surface area contributed by atoms with Gasteiger partial charge in [-0.05, 0) is 47.5 Å². The Morgan fingerprint density at radius 3 is 1.91 bits per heavy atom. The zero-order chi connectivity index (χ0) is 18.1. The zero-order valence-electron chi connectivity index (χ0n) is 14.7. The van der Waals surface area contributed by atoms with Crippen LogP contribution in [0.25, 0.3) is 0 Å². The molecule has 0 aromatic rings. The Morgan fingerprint density at radius 2 is 1.52 bits per heavy atom. The van der Waals surface area contributed by atoms with Crippen LogP contribution in [0.15, 0.2) is 0 Å². The molecule has 0 N–H and O–H groups in total. The number of sulfonamides is 1. The van der Waals surface area contributed by atoms with Crippen LogP contribution in [0.5, 0.6) is 0 Å². The monoisotopic (exact) mass is 349 g/mol. The second-order valence-corrected chi connectivity index (χ2v) is 9.70. The zero-order valence-corrected chi connectivity index (χ0v) is 15.5. The van der Waals surface area contributed by atoms with Crippen molar-refractivity contribution in [2.75, 3.05) is 20.2 Å². The van der Waals surface area contributed by atoms with Crippen LogP contribution in [0, 0.1) is 5.92 Å². The van der Waals surface area contributed by atoms with Gasteiger partial charge in [-0.3, -0.25) is 9.59 Å². The maximum Gasteiger partial charge on any atom is 0.328 e. The van der Waals surface area contributed by atoms with Crippen LogP contribution < -0.4 is 0 Å². The van der Waals surface area contributed by atoms with E-state index in [0.29, 0.717) is 12.8 Å². The third-order valence-electron chi connectivity index (χ3n) is 3.86. The first-order chi connectivity index (χ1) is 10.3. The minimum atomic E-state index is -3.85. The highest BCUT2D eigenvalue weighted by Crippen LogP contribution is 2.28. The molecule has 0 aromatic carbocycles. The van der Waals surface area contributed by atoms with E-state index >= 15 is 0 Å². The maximum absolute atomic E-state index is 12.6. The number of hydrogen-bond acceptors (Lipinski definition) is 6. The first kappa shape index (κ1) is 19.9. The first-order valence-electron chi connectivity index (χ1n) is 7.64. The summed E-state index contributed by atoms with van der Waals surface area (Å²) in [5, 5.41) is 0. The molecule has 1 aliphatic rings. The van der Waals surface area contributed by atoms with Gasteiger partial charge in [0, 0.05) is 13.1 Å². The lowest BCUT2D eigenvalue weighted by atomic mass is 9.98. The maximum atomic E-state index is 12.6. The van der Waals surface area contributed by atoms with Gasteiger partial charge in [0.1, 0.15) is 5.60 Å². The van der Waals surface area contributed by atoms with Crippen molar-refractivity contribution in [3.05, 3.63) is 0 Å². The fourth-order valence-electron chi connectivity index (χ4n) is 2.39. The molecule has 0 radical (unpaired) electrons. The van der Waals surface area contributed by atoms with Gasteiger partial charge in [-0.25, -0.2) is 12.7 Å². The summed E-state index contributed by atoms with van der Waals surface area (Å²) >= 11 is 0. The Bertz CT molecular complexity index is 553. The Hall–Kier alpha value is -1.15. The van der Waals surface area contributed by atoms with Gasteiger partial charge in [-0.15, -0.1) is 0 Å². The molecule has 0 bridgehead atoms. The predicted molar refractivity (Wildman–Crippen MR) is 85.2 cm³/mol. The Labute approximate surface area is 138 Å². The van der Waals surface area contributed by atoms with Crippen LogP contribution in [0.2, 0.25) is 0 Å². The molecule has 134 valence electrons. The van der Waals surface area contributed by atoms with Gasteiger partial charge in [0.2, 0.25) is 10.0 Å². The van der Waals surface area contributed by atoms with Gasteiger partial charge in [0.05, 0.1) is 13.0 Å². The second kappa shape index (κ2) is 6.76. The molecule has 1 aliphatic heterocycles.